The molecular formula is C11H15N3O3. The summed E-state index contributed by atoms with van der Waals surface area (Å²) in [7, 11) is 1.68. The summed E-state index contributed by atoms with van der Waals surface area (Å²) < 4.78 is 5.29. The lowest BCUT2D eigenvalue weighted by molar-refractivity contribution is -0.138. The molecule has 1 N–H and O–H groups in total. The van der Waals surface area contributed by atoms with E-state index in [2.05, 4.69) is 9.97 Å². The van der Waals surface area contributed by atoms with Gasteiger partial charge in [-0.2, -0.15) is 0 Å². The minimum atomic E-state index is -0.892. The van der Waals surface area contributed by atoms with Gasteiger partial charge in [-0.15, -0.1) is 0 Å². The van der Waals surface area contributed by atoms with Crippen molar-refractivity contribution < 1.29 is 14.6 Å². The molecule has 0 aliphatic carbocycles. The van der Waals surface area contributed by atoms with E-state index < -0.39 is 12.0 Å². The molecular weight excluding hydrogens is 222 g/mol. The van der Waals surface area contributed by atoms with Crippen LogP contribution in [0.4, 0.5) is 5.95 Å². The van der Waals surface area contributed by atoms with Crippen LogP contribution >= 0.6 is 0 Å². The Morgan fingerprint density at radius 2 is 2.41 bits per heavy atom. The van der Waals surface area contributed by atoms with Crippen molar-refractivity contribution >= 4 is 11.9 Å². The van der Waals surface area contributed by atoms with E-state index in [-0.39, 0.29) is 0 Å². The molecule has 17 heavy (non-hydrogen) atoms. The maximum absolute atomic E-state index is 10.9. The number of rotatable bonds is 3. The van der Waals surface area contributed by atoms with E-state index in [4.69, 9.17) is 9.84 Å². The lowest BCUT2D eigenvalue weighted by Crippen LogP contribution is -2.37. The summed E-state index contributed by atoms with van der Waals surface area (Å²) in [4.78, 5) is 21.0. The predicted octanol–water partition coefficient (Wildman–Crippen LogP) is 0.459. The van der Waals surface area contributed by atoms with Crippen molar-refractivity contribution in [1.82, 2.24) is 9.97 Å². The van der Waals surface area contributed by atoms with E-state index in [1.165, 1.54) is 0 Å². The van der Waals surface area contributed by atoms with Crippen molar-refractivity contribution in [2.24, 2.45) is 0 Å². The van der Waals surface area contributed by atoms with Crippen LogP contribution in [-0.2, 0) is 22.6 Å². The van der Waals surface area contributed by atoms with Gasteiger partial charge in [-0.25, -0.2) is 14.8 Å². The van der Waals surface area contributed by atoms with Gasteiger partial charge in [0.1, 0.15) is 6.04 Å². The third-order valence-electron chi connectivity index (χ3n) is 2.94. The van der Waals surface area contributed by atoms with Crippen molar-refractivity contribution in [3.63, 3.8) is 0 Å². The Bertz CT molecular complexity index is 436. The standard InChI is InChI=1S/C11H15N3O3/c1-7(10(15)16)14(2)11-12-5-8-6-17-4-3-9(8)13-11/h5,7H,3-4,6H2,1-2H3,(H,15,16). The van der Waals surface area contributed by atoms with Crippen molar-refractivity contribution in [3.05, 3.63) is 17.5 Å². The molecule has 0 fully saturated rings. The molecule has 0 spiro atoms. The molecule has 0 amide bonds. The van der Waals surface area contributed by atoms with Gasteiger partial charge in [0, 0.05) is 25.2 Å². The highest BCUT2D eigenvalue weighted by Crippen LogP contribution is 2.17. The average molecular weight is 237 g/mol. The topological polar surface area (TPSA) is 75.5 Å². The number of fused-ring (bicyclic) bond motifs is 1. The van der Waals surface area contributed by atoms with Gasteiger partial charge in [0.25, 0.3) is 0 Å². The number of aromatic nitrogens is 2. The van der Waals surface area contributed by atoms with Crippen LogP contribution in [0.5, 0.6) is 0 Å². The fourth-order valence-corrected chi connectivity index (χ4v) is 1.63. The van der Waals surface area contributed by atoms with Crippen LogP contribution in [-0.4, -0.2) is 40.7 Å². The highest BCUT2D eigenvalue weighted by Gasteiger charge is 2.21. The number of nitrogens with zero attached hydrogens (tertiary/aromatic N) is 3. The monoisotopic (exact) mass is 237 g/mol. The number of carbonyl (C=O) groups is 1. The quantitative estimate of drug-likeness (QED) is 0.823. The summed E-state index contributed by atoms with van der Waals surface area (Å²) in [5.41, 5.74) is 1.93. The lowest BCUT2D eigenvalue weighted by atomic mass is 10.1. The van der Waals surface area contributed by atoms with Crippen LogP contribution < -0.4 is 4.90 Å². The van der Waals surface area contributed by atoms with E-state index in [1.807, 2.05) is 0 Å². The van der Waals surface area contributed by atoms with Gasteiger partial charge in [-0.1, -0.05) is 0 Å². The Morgan fingerprint density at radius 1 is 1.65 bits per heavy atom. The van der Waals surface area contributed by atoms with Crippen LogP contribution in [0.25, 0.3) is 0 Å². The summed E-state index contributed by atoms with van der Waals surface area (Å²) in [6, 6.07) is -0.645. The van der Waals surface area contributed by atoms with Crippen LogP contribution in [0.1, 0.15) is 18.2 Å². The zero-order valence-corrected chi connectivity index (χ0v) is 9.88. The van der Waals surface area contributed by atoms with Crippen molar-refractivity contribution in [2.45, 2.75) is 26.0 Å². The van der Waals surface area contributed by atoms with Crippen molar-refractivity contribution in [1.29, 1.82) is 0 Å². The number of aliphatic carboxylic acids is 1. The molecule has 1 unspecified atom stereocenters. The summed E-state index contributed by atoms with van der Waals surface area (Å²) in [5, 5.41) is 8.93. The zero-order valence-electron chi connectivity index (χ0n) is 9.88. The number of hydrogen-bond donors (Lipinski definition) is 1. The Kier molecular flexibility index (Phi) is 3.23. The van der Waals surface area contributed by atoms with Crippen LogP contribution in [0.2, 0.25) is 0 Å². The van der Waals surface area contributed by atoms with Gasteiger partial charge in [0.2, 0.25) is 5.95 Å². The lowest BCUT2D eigenvalue weighted by Gasteiger charge is -2.23. The Hall–Kier alpha value is -1.69. The number of anilines is 1. The summed E-state index contributed by atoms with van der Waals surface area (Å²) in [6.07, 6.45) is 2.46. The van der Waals surface area contributed by atoms with Crippen molar-refractivity contribution in [2.75, 3.05) is 18.6 Å². The van der Waals surface area contributed by atoms with Crippen LogP contribution in [0.15, 0.2) is 6.20 Å². The number of likely N-dealkylation sites (N-methyl/N-ethyl adjacent to an activating group) is 1. The van der Waals surface area contributed by atoms with E-state index in [1.54, 1.807) is 25.1 Å². The molecule has 1 aliphatic rings. The number of carboxylic acids is 1. The minimum Gasteiger partial charge on any atom is -0.480 e. The van der Waals surface area contributed by atoms with Gasteiger partial charge in [0.15, 0.2) is 0 Å². The second-order valence-corrected chi connectivity index (χ2v) is 4.07. The first-order valence-electron chi connectivity index (χ1n) is 5.47. The first-order valence-corrected chi connectivity index (χ1v) is 5.47. The molecule has 0 bridgehead atoms. The van der Waals surface area contributed by atoms with E-state index in [9.17, 15) is 4.79 Å². The molecule has 1 aromatic heterocycles. The molecule has 0 radical (unpaired) electrons. The molecule has 6 heteroatoms. The summed E-state index contributed by atoms with van der Waals surface area (Å²) in [6.45, 7) is 2.80. The highest BCUT2D eigenvalue weighted by molar-refractivity contribution is 5.76. The molecule has 0 saturated heterocycles. The van der Waals surface area contributed by atoms with Crippen LogP contribution in [0.3, 0.4) is 0 Å². The molecule has 0 aromatic carbocycles. The third kappa shape index (κ3) is 2.36. The first kappa shape index (κ1) is 11.8. The molecule has 2 rings (SSSR count). The maximum atomic E-state index is 10.9. The fourth-order valence-electron chi connectivity index (χ4n) is 1.63. The SMILES string of the molecule is CC(C(=O)O)N(C)c1ncc2c(n1)CCOC2. The third-order valence-corrected chi connectivity index (χ3v) is 2.94. The number of hydrogen-bond acceptors (Lipinski definition) is 5. The van der Waals surface area contributed by atoms with Crippen LogP contribution in [0, 0.1) is 0 Å². The van der Waals surface area contributed by atoms with Gasteiger partial charge in [-0.05, 0) is 6.92 Å². The molecule has 1 aromatic rings. The average Bonchev–Trinajstić information content (AvgIpc) is 2.36. The largest absolute Gasteiger partial charge is 0.480 e. The Morgan fingerprint density at radius 3 is 3.12 bits per heavy atom. The fraction of sp³-hybridized carbons (Fsp3) is 0.545. The molecule has 2 heterocycles. The first-order chi connectivity index (χ1) is 8.09. The van der Waals surface area contributed by atoms with Gasteiger partial charge < -0.3 is 14.7 Å². The van der Waals surface area contributed by atoms with Gasteiger partial charge in [0.05, 0.1) is 18.9 Å². The highest BCUT2D eigenvalue weighted by atomic mass is 16.5. The molecule has 6 nitrogen and oxygen atoms in total. The van der Waals surface area contributed by atoms with Gasteiger partial charge in [-0.3, -0.25) is 0 Å². The molecule has 0 saturated carbocycles. The van der Waals surface area contributed by atoms with E-state index in [0.717, 1.165) is 17.7 Å². The number of carboxylic acid groups (broad SMARTS) is 1. The molecule has 92 valence electrons. The van der Waals surface area contributed by atoms with E-state index in [0.29, 0.717) is 19.2 Å². The number of ether oxygens (including phenoxy) is 1. The van der Waals surface area contributed by atoms with Crippen molar-refractivity contribution in [3.8, 4) is 0 Å². The Balaban J connectivity index is 2.24. The second-order valence-electron chi connectivity index (χ2n) is 4.07. The molecule has 1 aliphatic heterocycles. The predicted molar refractivity (Wildman–Crippen MR) is 60.9 cm³/mol. The smallest absolute Gasteiger partial charge is 0.326 e. The van der Waals surface area contributed by atoms with E-state index >= 15 is 0 Å². The zero-order chi connectivity index (χ0) is 12.4. The summed E-state index contributed by atoms with van der Waals surface area (Å²) >= 11 is 0. The minimum absolute atomic E-state index is 0.445. The summed E-state index contributed by atoms with van der Waals surface area (Å²) in [5.74, 6) is -0.447. The second kappa shape index (κ2) is 4.67. The maximum Gasteiger partial charge on any atom is 0.326 e. The molecule has 1 atom stereocenters. The normalized spacial score (nSPS) is 16.1. The van der Waals surface area contributed by atoms with Gasteiger partial charge >= 0.3 is 5.97 Å². The Labute approximate surface area is 99.2 Å².